The number of benzene rings is 1. The number of piperidine rings is 2. The maximum absolute atomic E-state index is 14.4. The van der Waals surface area contributed by atoms with Crippen molar-refractivity contribution in [1.29, 1.82) is 0 Å². The number of aryl methyl sites for hydroxylation is 1. The first-order valence-electron chi connectivity index (χ1n) is 18.1. The van der Waals surface area contributed by atoms with Crippen LogP contribution < -0.4 is 11.0 Å². The van der Waals surface area contributed by atoms with Gasteiger partial charge in [0.2, 0.25) is 0 Å². The number of aliphatic hydroxyl groups excluding tert-OH is 1. The zero-order valence-electron chi connectivity index (χ0n) is 29.1. The molecule has 12 nitrogen and oxygen atoms in total. The third kappa shape index (κ3) is 8.39. The smallest absolute Gasteiger partial charge is 0.380 e. The van der Waals surface area contributed by atoms with E-state index in [9.17, 15) is 23.1 Å². The molecule has 51 heavy (non-hydrogen) atoms. The van der Waals surface area contributed by atoms with Crippen molar-refractivity contribution in [2.45, 2.75) is 50.6 Å². The predicted molar refractivity (Wildman–Crippen MR) is 186 cm³/mol. The van der Waals surface area contributed by atoms with Crippen LogP contribution in [0, 0.1) is 5.92 Å². The molecule has 6 heterocycles. The molecule has 0 radical (unpaired) electrons. The number of imidazole rings is 1. The van der Waals surface area contributed by atoms with Gasteiger partial charge in [0, 0.05) is 78.3 Å². The Hall–Kier alpha value is -3.60. The number of nitrogens with zero attached hydrogens (tertiary/aromatic N) is 8. The second-order valence-corrected chi connectivity index (χ2v) is 14.3. The molecular formula is C36H48F3N9O3. The average Bonchev–Trinajstić information content (AvgIpc) is 3.71. The number of hydrogen-bond acceptors (Lipinski definition) is 9. The van der Waals surface area contributed by atoms with E-state index in [1.807, 2.05) is 0 Å². The summed E-state index contributed by atoms with van der Waals surface area (Å²) in [4.78, 5) is 20.8. The van der Waals surface area contributed by atoms with Gasteiger partial charge in [-0.2, -0.15) is 13.2 Å². The summed E-state index contributed by atoms with van der Waals surface area (Å²) in [6, 6.07) is 7.64. The fourth-order valence-electron chi connectivity index (χ4n) is 7.77. The number of likely N-dealkylation sites (tertiary alicyclic amines) is 2. The molecule has 0 amide bonds. The molecule has 0 aliphatic carbocycles. The van der Waals surface area contributed by atoms with E-state index in [1.165, 1.54) is 42.7 Å². The number of alkyl halides is 3. The fraction of sp³-hybridized carbons (Fsp3) is 0.583. The summed E-state index contributed by atoms with van der Waals surface area (Å²) >= 11 is 0. The summed E-state index contributed by atoms with van der Waals surface area (Å²) in [5.41, 5.74) is -0.547. The highest BCUT2D eigenvalue weighted by Crippen LogP contribution is 2.34. The number of hydrogen-bond donors (Lipinski definition) is 2. The van der Waals surface area contributed by atoms with Crippen molar-refractivity contribution in [3.05, 3.63) is 82.1 Å². The van der Waals surface area contributed by atoms with Crippen molar-refractivity contribution >= 4 is 5.52 Å². The highest BCUT2D eigenvalue weighted by Gasteiger charge is 2.35. The third-order valence-corrected chi connectivity index (χ3v) is 10.7. The summed E-state index contributed by atoms with van der Waals surface area (Å²) < 4.78 is 53.3. The predicted octanol–water partition coefficient (Wildman–Crippen LogP) is 2.92. The Bertz CT molecular complexity index is 1820. The van der Waals surface area contributed by atoms with E-state index >= 15 is 0 Å². The number of aliphatic hydroxyl groups is 1. The van der Waals surface area contributed by atoms with Crippen LogP contribution in [0.3, 0.4) is 0 Å². The van der Waals surface area contributed by atoms with Crippen LogP contribution in [0.5, 0.6) is 0 Å². The molecule has 1 aromatic carbocycles. The highest BCUT2D eigenvalue weighted by molar-refractivity contribution is 5.58. The van der Waals surface area contributed by atoms with Crippen LogP contribution >= 0.6 is 0 Å². The second kappa shape index (κ2) is 15.6. The van der Waals surface area contributed by atoms with Crippen molar-refractivity contribution in [1.82, 2.24) is 43.7 Å². The molecule has 0 bridgehead atoms. The molecule has 0 unspecified atom stereocenters. The zero-order valence-corrected chi connectivity index (χ0v) is 29.1. The first kappa shape index (κ1) is 35.8. The minimum absolute atomic E-state index is 0.138. The molecule has 1 atom stereocenters. The Labute approximate surface area is 295 Å². The second-order valence-electron chi connectivity index (χ2n) is 14.3. The van der Waals surface area contributed by atoms with E-state index in [1.54, 1.807) is 35.9 Å². The lowest BCUT2D eigenvalue weighted by molar-refractivity contribution is -0.136. The van der Waals surface area contributed by atoms with Crippen LogP contribution in [0.15, 0.2) is 53.8 Å². The summed E-state index contributed by atoms with van der Waals surface area (Å²) in [6.45, 7) is 11.3. The highest BCUT2D eigenvalue weighted by atomic mass is 19.4. The standard InChI is InChI=1S/C36H48F3N9O3/c1-43-25-41-42-34(43)33(49)28-3-2-4-29(20-28)47-24-32-31(36(37,38)39)19-27(23-48(32)35(47)50)22-45-13-7-30(8-14-45)51-18-17-44-11-5-26(6-12-44)21-46-15-9-40-10-16-46/h2-4,19-20,23-26,30,33,40,49H,5-18,21-22H2,1H3/t33-/m1/s1. The summed E-state index contributed by atoms with van der Waals surface area (Å²) in [5.74, 6) is 1.08. The molecule has 3 saturated heterocycles. The fourth-order valence-corrected chi connectivity index (χ4v) is 7.77. The van der Waals surface area contributed by atoms with Crippen LogP contribution in [0.1, 0.15) is 54.3 Å². The number of pyridine rings is 1. The number of aromatic nitrogens is 5. The maximum atomic E-state index is 14.4. The van der Waals surface area contributed by atoms with Gasteiger partial charge in [0.1, 0.15) is 12.4 Å². The summed E-state index contributed by atoms with van der Waals surface area (Å²) in [5, 5.41) is 22.0. The van der Waals surface area contributed by atoms with Gasteiger partial charge in [0.15, 0.2) is 5.82 Å². The zero-order chi connectivity index (χ0) is 35.5. The Balaban J connectivity index is 0.948. The van der Waals surface area contributed by atoms with Crippen molar-refractivity contribution in [3.8, 4) is 5.69 Å². The van der Waals surface area contributed by atoms with E-state index in [4.69, 9.17) is 4.74 Å². The normalized spacial score (nSPS) is 20.0. The number of piperazine rings is 1. The van der Waals surface area contributed by atoms with Crippen LogP contribution in [-0.4, -0.2) is 122 Å². The van der Waals surface area contributed by atoms with Crippen molar-refractivity contribution in [3.63, 3.8) is 0 Å². The van der Waals surface area contributed by atoms with Gasteiger partial charge in [-0.1, -0.05) is 12.1 Å². The molecule has 3 aromatic heterocycles. The van der Waals surface area contributed by atoms with E-state index < -0.39 is 23.5 Å². The van der Waals surface area contributed by atoms with Gasteiger partial charge in [-0.05, 0) is 74.0 Å². The Kier molecular flexibility index (Phi) is 10.9. The molecule has 7 rings (SSSR count). The van der Waals surface area contributed by atoms with Crippen molar-refractivity contribution in [2.75, 3.05) is 72.1 Å². The molecule has 276 valence electrons. The molecule has 0 spiro atoms. The van der Waals surface area contributed by atoms with Crippen LogP contribution in [0.2, 0.25) is 0 Å². The van der Waals surface area contributed by atoms with Gasteiger partial charge < -0.3 is 29.5 Å². The molecule has 2 N–H and O–H groups in total. The SMILES string of the molecule is Cn1cnnc1[C@H](O)c1cccc(-n2cc3c(C(F)(F)F)cc(CN4CCC(OCCN5CCC(CN6CCNCC6)CC5)CC4)cn3c2=O)c1. The number of halogens is 3. The van der Waals surface area contributed by atoms with Crippen LogP contribution in [0.25, 0.3) is 11.2 Å². The lowest BCUT2D eigenvalue weighted by Crippen LogP contribution is -2.47. The number of nitrogens with one attached hydrogen (secondary N) is 1. The van der Waals surface area contributed by atoms with Gasteiger partial charge in [0.05, 0.1) is 29.5 Å². The molecule has 15 heteroatoms. The topological polar surface area (TPSA) is 108 Å². The van der Waals surface area contributed by atoms with Gasteiger partial charge in [0.25, 0.3) is 0 Å². The first-order chi connectivity index (χ1) is 24.6. The molecule has 3 aliphatic rings. The van der Waals surface area contributed by atoms with E-state index in [0.717, 1.165) is 75.0 Å². The van der Waals surface area contributed by atoms with Crippen LogP contribution in [-0.2, 0) is 24.5 Å². The Morgan fingerprint density at radius 1 is 0.980 bits per heavy atom. The molecular weight excluding hydrogens is 663 g/mol. The van der Waals surface area contributed by atoms with E-state index in [0.29, 0.717) is 48.9 Å². The van der Waals surface area contributed by atoms with Gasteiger partial charge in [-0.15, -0.1) is 10.2 Å². The number of rotatable bonds is 11. The maximum Gasteiger partial charge on any atom is 0.418 e. The van der Waals surface area contributed by atoms with Gasteiger partial charge in [-0.25, -0.2) is 4.79 Å². The minimum atomic E-state index is -4.66. The summed E-state index contributed by atoms with van der Waals surface area (Å²) in [7, 11) is 1.69. The Morgan fingerprint density at radius 3 is 2.43 bits per heavy atom. The van der Waals surface area contributed by atoms with Crippen LogP contribution in [0.4, 0.5) is 13.2 Å². The van der Waals surface area contributed by atoms with E-state index in [2.05, 4.69) is 30.2 Å². The van der Waals surface area contributed by atoms with E-state index in [-0.39, 0.29) is 11.6 Å². The largest absolute Gasteiger partial charge is 0.418 e. The minimum Gasteiger partial charge on any atom is -0.380 e. The summed E-state index contributed by atoms with van der Waals surface area (Å²) in [6.07, 6.45) is 2.63. The molecule has 0 saturated carbocycles. The first-order valence-corrected chi connectivity index (χ1v) is 18.1. The molecule has 3 aliphatic heterocycles. The Morgan fingerprint density at radius 2 is 1.73 bits per heavy atom. The lowest BCUT2D eigenvalue weighted by Gasteiger charge is -2.36. The quantitative estimate of drug-likeness (QED) is 0.243. The van der Waals surface area contributed by atoms with Gasteiger partial charge in [-0.3, -0.25) is 13.9 Å². The number of ether oxygens (including phenoxy) is 1. The lowest BCUT2D eigenvalue weighted by atomic mass is 9.96. The molecule has 3 fully saturated rings. The average molecular weight is 712 g/mol. The van der Waals surface area contributed by atoms with Crippen molar-refractivity contribution < 1.29 is 23.0 Å². The van der Waals surface area contributed by atoms with Gasteiger partial charge >= 0.3 is 11.9 Å². The monoisotopic (exact) mass is 711 g/mol. The van der Waals surface area contributed by atoms with Crippen molar-refractivity contribution in [2.24, 2.45) is 13.0 Å². The third-order valence-electron chi connectivity index (χ3n) is 10.7. The number of fused-ring (bicyclic) bond motifs is 1. The molecule has 4 aromatic rings.